The largest absolute Gasteiger partial charge is 0.497 e. The predicted octanol–water partition coefficient (Wildman–Crippen LogP) is 3.50. The van der Waals surface area contributed by atoms with Gasteiger partial charge >= 0.3 is 5.97 Å². The molecule has 0 aliphatic heterocycles. The molecule has 0 radical (unpaired) electrons. The Morgan fingerprint density at radius 3 is 2.41 bits per heavy atom. The summed E-state index contributed by atoms with van der Waals surface area (Å²) in [5, 5.41) is 11.8. The van der Waals surface area contributed by atoms with E-state index in [2.05, 4.69) is 5.32 Å². The molecule has 0 fully saturated rings. The molecule has 2 N–H and O–H groups in total. The molecule has 1 amide bonds. The summed E-state index contributed by atoms with van der Waals surface area (Å²) >= 11 is 0. The topological polar surface area (TPSA) is 84.9 Å². The van der Waals surface area contributed by atoms with Crippen molar-refractivity contribution in [3.63, 3.8) is 0 Å². The average Bonchev–Trinajstić information content (AvgIpc) is 2.67. The van der Waals surface area contributed by atoms with E-state index in [1.807, 2.05) is 36.4 Å². The molecule has 2 rings (SSSR count). The summed E-state index contributed by atoms with van der Waals surface area (Å²) in [5.74, 6) is -0.778. The van der Waals surface area contributed by atoms with Gasteiger partial charge in [0.2, 0.25) is 0 Å². The van der Waals surface area contributed by atoms with Crippen molar-refractivity contribution in [2.24, 2.45) is 5.92 Å². The SMILES string of the molecule is COc1cccc(COC(C)C(=O)Nc2ccc(CC(C)C(=O)O)cc2)c1. The number of carboxylic acids is 1. The summed E-state index contributed by atoms with van der Waals surface area (Å²) in [6, 6.07) is 14.6. The van der Waals surface area contributed by atoms with Gasteiger partial charge in [-0.15, -0.1) is 0 Å². The number of nitrogens with one attached hydrogen (secondary N) is 1. The Morgan fingerprint density at radius 2 is 1.78 bits per heavy atom. The number of amides is 1. The van der Waals surface area contributed by atoms with E-state index in [0.29, 0.717) is 18.7 Å². The van der Waals surface area contributed by atoms with Crippen molar-refractivity contribution in [2.75, 3.05) is 12.4 Å². The Labute approximate surface area is 159 Å². The van der Waals surface area contributed by atoms with E-state index in [1.165, 1.54) is 0 Å². The van der Waals surface area contributed by atoms with Crippen LogP contribution >= 0.6 is 0 Å². The third-order valence-corrected chi connectivity index (χ3v) is 4.19. The van der Waals surface area contributed by atoms with E-state index in [-0.39, 0.29) is 5.91 Å². The first-order chi connectivity index (χ1) is 12.9. The highest BCUT2D eigenvalue weighted by Crippen LogP contribution is 2.16. The molecule has 6 nitrogen and oxygen atoms in total. The van der Waals surface area contributed by atoms with Gasteiger partial charge in [-0.05, 0) is 48.7 Å². The minimum atomic E-state index is -0.825. The Bertz CT molecular complexity index is 772. The molecule has 6 heteroatoms. The number of aliphatic carboxylic acids is 1. The quantitative estimate of drug-likeness (QED) is 0.705. The van der Waals surface area contributed by atoms with Crippen molar-refractivity contribution in [3.05, 3.63) is 59.7 Å². The predicted molar refractivity (Wildman–Crippen MR) is 103 cm³/mol. The van der Waals surface area contributed by atoms with E-state index < -0.39 is 18.0 Å². The van der Waals surface area contributed by atoms with Crippen molar-refractivity contribution in [1.82, 2.24) is 0 Å². The third kappa shape index (κ3) is 6.42. The molecule has 0 bridgehead atoms. The lowest BCUT2D eigenvalue weighted by atomic mass is 10.0. The average molecular weight is 371 g/mol. The Hall–Kier alpha value is -2.86. The summed E-state index contributed by atoms with van der Waals surface area (Å²) in [4.78, 5) is 23.2. The molecule has 0 heterocycles. The first-order valence-corrected chi connectivity index (χ1v) is 8.76. The van der Waals surface area contributed by atoms with Crippen LogP contribution in [0.1, 0.15) is 25.0 Å². The number of carbonyl (C=O) groups excluding carboxylic acids is 1. The molecule has 2 atom stereocenters. The van der Waals surface area contributed by atoms with Crippen LogP contribution in [-0.2, 0) is 27.4 Å². The fourth-order valence-electron chi connectivity index (χ4n) is 2.47. The number of rotatable bonds is 9. The summed E-state index contributed by atoms with van der Waals surface area (Å²) < 4.78 is 10.8. The van der Waals surface area contributed by atoms with E-state index in [1.54, 1.807) is 33.1 Å². The Balaban J connectivity index is 1.85. The van der Waals surface area contributed by atoms with Crippen LogP contribution in [0, 0.1) is 5.92 Å². The van der Waals surface area contributed by atoms with Gasteiger partial charge in [0.05, 0.1) is 19.6 Å². The van der Waals surface area contributed by atoms with Gasteiger partial charge in [-0.3, -0.25) is 9.59 Å². The Kier molecular flexibility index (Phi) is 7.37. The van der Waals surface area contributed by atoms with Gasteiger partial charge in [-0.1, -0.05) is 31.2 Å². The lowest BCUT2D eigenvalue weighted by molar-refractivity contribution is -0.141. The highest BCUT2D eigenvalue weighted by atomic mass is 16.5. The van der Waals surface area contributed by atoms with Gasteiger partial charge < -0.3 is 19.9 Å². The van der Waals surface area contributed by atoms with Gasteiger partial charge in [0.15, 0.2) is 0 Å². The monoisotopic (exact) mass is 371 g/mol. The molecule has 2 aromatic carbocycles. The lowest BCUT2D eigenvalue weighted by Gasteiger charge is -2.14. The number of carboxylic acid groups (broad SMARTS) is 1. The first-order valence-electron chi connectivity index (χ1n) is 8.76. The molecule has 0 aromatic heterocycles. The van der Waals surface area contributed by atoms with Crippen LogP contribution in [0.2, 0.25) is 0 Å². The van der Waals surface area contributed by atoms with E-state index in [4.69, 9.17) is 14.6 Å². The molecule has 0 saturated carbocycles. The maximum atomic E-state index is 12.3. The fourth-order valence-corrected chi connectivity index (χ4v) is 2.47. The number of hydrogen-bond acceptors (Lipinski definition) is 4. The fraction of sp³-hybridized carbons (Fsp3) is 0.333. The second kappa shape index (κ2) is 9.73. The van der Waals surface area contributed by atoms with Gasteiger partial charge in [0, 0.05) is 5.69 Å². The van der Waals surface area contributed by atoms with Crippen molar-refractivity contribution < 1.29 is 24.2 Å². The second-order valence-corrected chi connectivity index (χ2v) is 6.43. The molecular weight excluding hydrogens is 346 g/mol. The van der Waals surface area contributed by atoms with E-state index >= 15 is 0 Å². The normalized spacial score (nSPS) is 12.9. The molecule has 0 saturated heterocycles. The zero-order chi connectivity index (χ0) is 19.8. The van der Waals surface area contributed by atoms with E-state index in [0.717, 1.165) is 16.9 Å². The van der Waals surface area contributed by atoms with Crippen LogP contribution in [0.4, 0.5) is 5.69 Å². The van der Waals surface area contributed by atoms with Gasteiger partial charge in [0.1, 0.15) is 11.9 Å². The zero-order valence-electron chi connectivity index (χ0n) is 15.8. The smallest absolute Gasteiger partial charge is 0.306 e. The maximum absolute atomic E-state index is 12.3. The van der Waals surface area contributed by atoms with Crippen molar-refractivity contribution in [1.29, 1.82) is 0 Å². The number of hydrogen-bond donors (Lipinski definition) is 2. The summed E-state index contributed by atoms with van der Waals surface area (Å²) in [6.07, 6.45) is -0.174. The molecule has 2 unspecified atom stereocenters. The van der Waals surface area contributed by atoms with Crippen LogP contribution in [0.15, 0.2) is 48.5 Å². The molecule has 0 spiro atoms. The van der Waals surface area contributed by atoms with Crippen molar-refractivity contribution in [3.8, 4) is 5.75 Å². The number of benzene rings is 2. The number of methoxy groups -OCH3 is 1. The number of anilines is 1. The molecule has 2 aromatic rings. The van der Waals surface area contributed by atoms with Gasteiger partial charge in [-0.25, -0.2) is 0 Å². The van der Waals surface area contributed by atoms with Crippen LogP contribution in [-0.4, -0.2) is 30.2 Å². The summed E-state index contributed by atoms with van der Waals surface area (Å²) in [6.45, 7) is 3.66. The molecular formula is C21H25NO5. The minimum Gasteiger partial charge on any atom is -0.497 e. The number of ether oxygens (including phenoxy) is 2. The van der Waals surface area contributed by atoms with E-state index in [9.17, 15) is 9.59 Å². The van der Waals surface area contributed by atoms with Crippen molar-refractivity contribution >= 4 is 17.6 Å². The van der Waals surface area contributed by atoms with Crippen LogP contribution in [0.3, 0.4) is 0 Å². The van der Waals surface area contributed by atoms with Crippen LogP contribution < -0.4 is 10.1 Å². The zero-order valence-corrected chi connectivity index (χ0v) is 15.8. The highest BCUT2D eigenvalue weighted by Gasteiger charge is 2.15. The molecule has 0 aliphatic carbocycles. The highest BCUT2D eigenvalue weighted by molar-refractivity contribution is 5.93. The second-order valence-electron chi connectivity index (χ2n) is 6.43. The standard InChI is InChI=1S/C21H25NO5/c1-14(21(24)25)11-16-7-9-18(10-8-16)22-20(23)15(2)27-13-17-5-4-6-19(12-17)26-3/h4-10,12,14-15H,11,13H2,1-3H3,(H,22,23)(H,24,25). The van der Waals surface area contributed by atoms with Crippen LogP contribution in [0.5, 0.6) is 5.75 Å². The van der Waals surface area contributed by atoms with Crippen molar-refractivity contribution in [2.45, 2.75) is 33.0 Å². The molecule has 27 heavy (non-hydrogen) atoms. The first kappa shape index (κ1) is 20.5. The maximum Gasteiger partial charge on any atom is 0.306 e. The molecule has 0 aliphatic rings. The van der Waals surface area contributed by atoms with Gasteiger partial charge in [0.25, 0.3) is 5.91 Å². The number of carbonyl (C=O) groups is 2. The Morgan fingerprint density at radius 1 is 1.07 bits per heavy atom. The minimum absolute atomic E-state index is 0.246. The van der Waals surface area contributed by atoms with Crippen LogP contribution in [0.25, 0.3) is 0 Å². The lowest BCUT2D eigenvalue weighted by Crippen LogP contribution is -2.27. The summed E-state index contributed by atoms with van der Waals surface area (Å²) in [5.41, 5.74) is 2.47. The summed E-state index contributed by atoms with van der Waals surface area (Å²) in [7, 11) is 1.60. The molecule has 144 valence electrons. The van der Waals surface area contributed by atoms with Gasteiger partial charge in [-0.2, -0.15) is 0 Å². The third-order valence-electron chi connectivity index (χ3n) is 4.19.